The summed E-state index contributed by atoms with van der Waals surface area (Å²) in [6.45, 7) is 0.401. The van der Waals surface area contributed by atoms with Crippen molar-refractivity contribution in [1.29, 1.82) is 0 Å². The van der Waals surface area contributed by atoms with E-state index < -0.39 is 0 Å². The van der Waals surface area contributed by atoms with Crippen molar-refractivity contribution in [3.05, 3.63) is 29.6 Å². The summed E-state index contributed by atoms with van der Waals surface area (Å²) < 4.78 is 2.14. The number of benzene rings is 1. The van der Waals surface area contributed by atoms with Crippen molar-refractivity contribution in [3.63, 3.8) is 0 Å². The zero-order valence-electron chi connectivity index (χ0n) is 10.3. The van der Waals surface area contributed by atoms with Crippen molar-refractivity contribution in [2.45, 2.75) is 25.4 Å². The molecule has 5 nitrogen and oxygen atoms in total. The standard InChI is InChI=1S/C13H16N4O/c1-15-13(18)9-3-2-4-10-12(9)17(8-5-6-8)11(7-14)16-10/h2-4,8H,5-7,14H2,1H3,(H,15,18). The Labute approximate surface area is 105 Å². The van der Waals surface area contributed by atoms with Gasteiger partial charge in [-0.2, -0.15) is 0 Å². The number of amides is 1. The lowest BCUT2D eigenvalue weighted by molar-refractivity contribution is 0.0964. The summed E-state index contributed by atoms with van der Waals surface area (Å²) in [6.07, 6.45) is 2.28. The van der Waals surface area contributed by atoms with E-state index in [1.807, 2.05) is 18.2 Å². The summed E-state index contributed by atoms with van der Waals surface area (Å²) in [5, 5.41) is 2.68. The first-order valence-corrected chi connectivity index (χ1v) is 6.18. The maximum atomic E-state index is 11.9. The topological polar surface area (TPSA) is 72.9 Å². The van der Waals surface area contributed by atoms with Crippen molar-refractivity contribution in [2.24, 2.45) is 5.73 Å². The van der Waals surface area contributed by atoms with Crippen molar-refractivity contribution >= 4 is 16.9 Å². The van der Waals surface area contributed by atoms with Crippen molar-refractivity contribution < 1.29 is 4.79 Å². The molecule has 2 aromatic rings. The lowest BCUT2D eigenvalue weighted by atomic mass is 10.1. The van der Waals surface area contributed by atoms with Crippen molar-refractivity contribution in [1.82, 2.24) is 14.9 Å². The summed E-state index contributed by atoms with van der Waals surface area (Å²) in [6, 6.07) is 6.08. The second-order valence-electron chi connectivity index (χ2n) is 4.59. The third-order valence-electron chi connectivity index (χ3n) is 3.35. The number of para-hydroxylation sites is 1. The third kappa shape index (κ3) is 1.59. The van der Waals surface area contributed by atoms with E-state index in [-0.39, 0.29) is 5.91 Å². The number of nitrogens with one attached hydrogen (secondary N) is 1. The van der Waals surface area contributed by atoms with Gasteiger partial charge in [0.05, 0.1) is 23.1 Å². The van der Waals surface area contributed by atoms with E-state index in [9.17, 15) is 4.79 Å². The van der Waals surface area contributed by atoms with Gasteiger partial charge in [0, 0.05) is 13.1 Å². The van der Waals surface area contributed by atoms with Gasteiger partial charge >= 0.3 is 0 Å². The van der Waals surface area contributed by atoms with Crippen LogP contribution in [0.4, 0.5) is 0 Å². The number of carbonyl (C=O) groups is 1. The minimum atomic E-state index is -0.0778. The summed E-state index contributed by atoms with van der Waals surface area (Å²) >= 11 is 0. The Bertz CT molecular complexity index is 613. The fourth-order valence-electron chi connectivity index (χ4n) is 2.38. The smallest absolute Gasteiger partial charge is 0.253 e. The molecule has 1 aromatic carbocycles. The minimum absolute atomic E-state index is 0.0778. The molecule has 3 rings (SSSR count). The van der Waals surface area contributed by atoms with Crippen LogP contribution in [0.1, 0.15) is 35.1 Å². The Kier molecular flexibility index (Phi) is 2.56. The van der Waals surface area contributed by atoms with Crippen LogP contribution >= 0.6 is 0 Å². The molecule has 0 saturated heterocycles. The lowest BCUT2D eigenvalue weighted by Crippen LogP contribution is -2.19. The normalized spacial score (nSPS) is 15.0. The van der Waals surface area contributed by atoms with E-state index in [4.69, 9.17) is 5.73 Å². The van der Waals surface area contributed by atoms with Gasteiger partial charge in [-0.25, -0.2) is 4.98 Å². The summed E-state index contributed by atoms with van der Waals surface area (Å²) in [4.78, 5) is 16.5. The summed E-state index contributed by atoms with van der Waals surface area (Å²) in [5.41, 5.74) is 8.20. The Morgan fingerprint density at radius 3 is 2.94 bits per heavy atom. The van der Waals surface area contributed by atoms with Gasteiger partial charge in [0.25, 0.3) is 5.91 Å². The maximum absolute atomic E-state index is 11.9. The first-order chi connectivity index (χ1) is 8.76. The Balaban J connectivity index is 2.30. The minimum Gasteiger partial charge on any atom is -0.355 e. The highest BCUT2D eigenvalue weighted by Gasteiger charge is 2.29. The molecular weight excluding hydrogens is 228 g/mol. The Morgan fingerprint density at radius 2 is 2.33 bits per heavy atom. The van der Waals surface area contributed by atoms with Gasteiger partial charge < -0.3 is 15.6 Å². The molecule has 0 spiro atoms. The highest BCUT2D eigenvalue weighted by atomic mass is 16.1. The molecule has 1 heterocycles. The van der Waals surface area contributed by atoms with Crippen LogP contribution in [0.5, 0.6) is 0 Å². The van der Waals surface area contributed by atoms with Gasteiger partial charge in [0.2, 0.25) is 0 Å². The first kappa shape index (κ1) is 11.2. The molecule has 18 heavy (non-hydrogen) atoms. The monoisotopic (exact) mass is 244 g/mol. The van der Waals surface area contributed by atoms with Gasteiger partial charge in [-0.3, -0.25) is 4.79 Å². The van der Waals surface area contributed by atoms with Crippen LogP contribution in [-0.4, -0.2) is 22.5 Å². The predicted molar refractivity (Wildman–Crippen MR) is 69.3 cm³/mol. The summed E-state index contributed by atoms with van der Waals surface area (Å²) in [5.74, 6) is 0.787. The largest absolute Gasteiger partial charge is 0.355 e. The van der Waals surface area contributed by atoms with E-state index in [1.165, 1.54) is 0 Å². The number of hydrogen-bond donors (Lipinski definition) is 2. The number of imidazole rings is 1. The number of hydrogen-bond acceptors (Lipinski definition) is 3. The SMILES string of the molecule is CNC(=O)c1cccc2nc(CN)n(C3CC3)c12. The number of nitrogens with zero attached hydrogens (tertiary/aromatic N) is 2. The van der Waals surface area contributed by atoms with E-state index in [0.717, 1.165) is 29.7 Å². The highest BCUT2D eigenvalue weighted by Crippen LogP contribution is 2.39. The zero-order valence-corrected chi connectivity index (χ0v) is 10.3. The molecule has 0 aliphatic heterocycles. The van der Waals surface area contributed by atoms with Gasteiger partial charge in [0.1, 0.15) is 5.82 Å². The molecule has 1 aromatic heterocycles. The maximum Gasteiger partial charge on any atom is 0.253 e. The number of rotatable bonds is 3. The van der Waals surface area contributed by atoms with Crippen LogP contribution in [0.25, 0.3) is 11.0 Å². The zero-order chi connectivity index (χ0) is 12.7. The van der Waals surface area contributed by atoms with E-state index >= 15 is 0 Å². The van der Waals surface area contributed by atoms with Crippen LogP contribution in [0.15, 0.2) is 18.2 Å². The molecule has 0 radical (unpaired) electrons. The molecule has 5 heteroatoms. The number of fused-ring (bicyclic) bond motifs is 1. The van der Waals surface area contributed by atoms with E-state index in [2.05, 4.69) is 14.9 Å². The number of aromatic nitrogens is 2. The molecule has 3 N–H and O–H groups in total. The Morgan fingerprint density at radius 1 is 1.56 bits per heavy atom. The van der Waals surface area contributed by atoms with Crippen molar-refractivity contribution in [3.8, 4) is 0 Å². The molecule has 0 bridgehead atoms. The second-order valence-corrected chi connectivity index (χ2v) is 4.59. The fourth-order valence-corrected chi connectivity index (χ4v) is 2.38. The number of nitrogens with two attached hydrogens (primary N) is 1. The van der Waals surface area contributed by atoms with Gasteiger partial charge in [0.15, 0.2) is 0 Å². The van der Waals surface area contributed by atoms with E-state index in [1.54, 1.807) is 7.05 Å². The molecule has 94 valence electrons. The van der Waals surface area contributed by atoms with Crippen LogP contribution in [0.3, 0.4) is 0 Å². The second kappa shape index (κ2) is 4.10. The van der Waals surface area contributed by atoms with E-state index in [0.29, 0.717) is 18.2 Å². The molecule has 1 fully saturated rings. The molecule has 0 atom stereocenters. The van der Waals surface area contributed by atoms with Crippen LogP contribution in [0, 0.1) is 0 Å². The van der Waals surface area contributed by atoms with Crippen LogP contribution < -0.4 is 11.1 Å². The molecular formula is C13H16N4O. The average Bonchev–Trinajstić information content (AvgIpc) is 3.17. The molecule has 1 amide bonds. The quantitative estimate of drug-likeness (QED) is 0.851. The van der Waals surface area contributed by atoms with Crippen LogP contribution in [-0.2, 0) is 6.54 Å². The third-order valence-corrected chi connectivity index (χ3v) is 3.35. The molecule has 1 saturated carbocycles. The first-order valence-electron chi connectivity index (χ1n) is 6.18. The average molecular weight is 244 g/mol. The van der Waals surface area contributed by atoms with Gasteiger partial charge in [-0.15, -0.1) is 0 Å². The predicted octanol–water partition coefficient (Wildman–Crippen LogP) is 1.19. The molecule has 1 aliphatic carbocycles. The lowest BCUT2D eigenvalue weighted by Gasteiger charge is -2.09. The molecule has 1 aliphatic rings. The van der Waals surface area contributed by atoms with Gasteiger partial charge in [-0.1, -0.05) is 6.07 Å². The number of carbonyl (C=O) groups excluding carboxylic acids is 1. The highest BCUT2D eigenvalue weighted by molar-refractivity contribution is 6.05. The fraction of sp³-hybridized carbons (Fsp3) is 0.385. The van der Waals surface area contributed by atoms with Crippen molar-refractivity contribution in [2.75, 3.05) is 7.05 Å². The Hall–Kier alpha value is -1.88. The van der Waals surface area contributed by atoms with Crippen LogP contribution in [0.2, 0.25) is 0 Å². The molecule has 0 unspecified atom stereocenters. The van der Waals surface area contributed by atoms with Gasteiger partial charge in [-0.05, 0) is 25.0 Å². The summed E-state index contributed by atoms with van der Waals surface area (Å²) in [7, 11) is 1.64.